The lowest BCUT2D eigenvalue weighted by Gasteiger charge is -2.35. The number of nitrogens with zero attached hydrogens (tertiary/aromatic N) is 4. The van der Waals surface area contributed by atoms with Gasteiger partial charge in [0.05, 0.1) is 26.3 Å². The Hall–Kier alpha value is -1.61. The smallest absolute Gasteiger partial charge is 0.251 e. The minimum absolute atomic E-state index is 0.0722. The minimum atomic E-state index is -2.46. The second-order valence-corrected chi connectivity index (χ2v) is 6.94. The number of nitrogens with one attached hydrogen (secondary N) is 1. The van der Waals surface area contributed by atoms with Crippen molar-refractivity contribution < 1.29 is 18.3 Å². The van der Waals surface area contributed by atoms with E-state index in [2.05, 4.69) is 15.4 Å². The summed E-state index contributed by atoms with van der Waals surface area (Å²) in [6.45, 7) is 5.11. The second kappa shape index (κ2) is 7.74. The average molecular weight is 357 g/mol. The predicted octanol–water partition coefficient (Wildman–Crippen LogP) is 0.798. The van der Waals surface area contributed by atoms with Crippen molar-refractivity contribution in [3.05, 3.63) is 11.6 Å². The van der Waals surface area contributed by atoms with Crippen LogP contribution in [-0.2, 0) is 22.5 Å². The van der Waals surface area contributed by atoms with Crippen LogP contribution in [0.5, 0.6) is 0 Å². The van der Waals surface area contributed by atoms with Gasteiger partial charge in [-0.2, -0.15) is 5.10 Å². The van der Waals surface area contributed by atoms with Crippen LogP contribution in [0.15, 0.2) is 0 Å². The van der Waals surface area contributed by atoms with Gasteiger partial charge in [-0.1, -0.05) is 13.8 Å². The molecular formula is C16H25F2N5O2. The van der Waals surface area contributed by atoms with Gasteiger partial charge in [-0.25, -0.2) is 18.4 Å². The number of amides is 1. The summed E-state index contributed by atoms with van der Waals surface area (Å²) in [6, 6.07) is -0.733. The molecule has 1 amide bonds. The Labute approximate surface area is 145 Å². The Morgan fingerprint density at radius 2 is 2.24 bits per heavy atom. The van der Waals surface area contributed by atoms with E-state index in [0.717, 1.165) is 24.5 Å². The molecule has 1 saturated heterocycles. The van der Waals surface area contributed by atoms with Crippen molar-refractivity contribution in [2.75, 3.05) is 26.3 Å². The maximum atomic E-state index is 12.7. The van der Waals surface area contributed by atoms with Crippen LogP contribution >= 0.6 is 0 Å². The van der Waals surface area contributed by atoms with E-state index in [1.807, 2.05) is 18.5 Å². The zero-order chi connectivity index (χ0) is 18.0. The van der Waals surface area contributed by atoms with Crippen molar-refractivity contribution in [1.29, 1.82) is 0 Å². The van der Waals surface area contributed by atoms with Crippen LogP contribution < -0.4 is 5.32 Å². The molecular weight excluding hydrogens is 332 g/mol. The summed E-state index contributed by atoms with van der Waals surface area (Å²) in [7, 11) is 0. The Kier molecular flexibility index (Phi) is 5.63. The molecule has 9 heteroatoms. The summed E-state index contributed by atoms with van der Waals surface area (Å²) in [5.41, 5.74) is 0. The zero-order valence-electron chi connectivity index (χ0n) is 14.6. The average Bonchev–Trinajstić information content (AvgIpc) is 2.98. The number of aryl methyl sites for hydroxylation is 1. The quantitative estimate of drug-likeness (QED) is 0.844. The van der Waals surface area contributed by atoms with Gasteiger partial charge in [0.2, 0.25) is 5.91 Å². The van der Waals surface area contributed by atoms with Gasteiger partial charge in [0.25, 0.3) is 6.43 Å². The fraction of sp³-hybridized carbons (Fsp3) is 0.812. The highest BCUT2D eigenvalue weighted by molar-refractivity contribution is 5.82. The lowest BCUT2D eigenvalue weighted by molar-refractivity contribution is -0.134. The Bertz CT molecular complexity index is 607. The van der Waals surface area contributed by atoms with Gasteiger partial charge in [0.15, 0.2) is 5.82 Å². The van der Waals surface area contributed by atoms with Gasteiger partial charge in [0.1, 0.15) is 11.9 Å². The molecule has 0 aliphatic carbocycles. The van der Waals surface area contributed by atoms with E-state index in [0.29, 0.717) is 19.7 Å². The number of ether oxygens (including phenoxy) is 1. The summed E-state index contributed by atoms with van der Waals surface area (Å²) < 4.78 is 32.6. The Morgan fingerprint density at radius 3 is 2.96 bits per heavy atom. The minimum Gasteiger partial charge on any atom is -0.378 e. The number of fused-ring (bicyclic) bond motifs is 1. The fourth-order valence-electron chi connectivity index (χ4n) is 3.26. The summed E-state index contributed by atoms with van der Waals surface area (Å²) in [4.78, 5) is 18.6. The molecule has 0 radical (unpaired) electrons. The largest absolute Gasteiger partial charge is 0.378 e. The summed E-state index contributed by atoms with van der Waals surface area (Å²) in [5, 5.41) is 7.47. The SMILES string of the molecule is CC(C)c1nc2n(n1)CC(NC(=O)C1COCCN1CC(F)F)CC2. The van der Waals surface area contributed by atoms with E-state index in [4.69, 9.17) is 4.74 Å². The third-order valence-electron chi connectivity index (χ3n) is 4.65. The molecule has 2 aliphatic rings. The van der Waals surface area contributed by atoms with E-state index in [-0.39, 0.29) is 24.5 Å². The molecule has 1 aromatic heterocycles. The Balaban J connectivity index is 1.60. The highest BCUT2D eigenvalue weighted by Gasteiger charge is 2.33. The van der Waals surface area contributed by atoms with Crippen LogP contribution in [0.2, 0.25) is 0 Å². The van der Waals surface area contributed by atoms with Gasteiger partial charge in [-0.15, -0.1) is 0 Å². The van der Waals surface area contributed by atoms with Crippen LogP contribution in [0, 0.1) is 0 Å². The predicted molar refractivity (Wildman–Crippen MR) is 86.5 cm³/mol. The van der Waals surface area contributed by atoms with E-state index in [9.17, 15) is 13.6 Å². The lowest BCUT2D eigenvalue weighted by Crippen LogP contribution is -2.57. The lowest BCUT2D eigenvalue weighted by atomic mass is 10.1. The number of rotatable bonds is 5. The first-order valence-electron chi connectivity index (χ1n) is 8.78. The molecule has 1 aromatic rings. The first-order valence-corrected chi connectivity index (χ1v) is 8.78. The van der Waals surface area contributed by atoms with Crippen LogP contribution in [0.1, 0.15) is 37.8 Å². The van der Waals surface area contributed by atoms with E-state index in [1.165, 1.54) is 4.90 Å². The van der Waals surface area contributed by atoms with Crippen LogP contribution in [0.3, 0.4) is 0 Å². The van der Waals surface area contributed by atoms with Crippen molar-refractivity contribution in [2.24, 2.45) is 0 Å². The number of hydrogen-bond donors (Lipinski definition) is 1. The van der Waals surface area contributed by atoms with Gasteiger partial charge in [-0.05, 0) is 6.42 Å². The summed E-state index contributed by atoms with van der Waals surface area (Å²) in [5.74, 6) is 1.76. The number of morpholine rings is 1. The third-order valence-corrected chi connectivity index (χ3v) is 4.65. The molecule has 3 rings (SSSR count). The summed E-state index contributed by atoms with van der Waals surface area (Å²) in [6.07, 6.45) is -0.952. The molecule has 2 atom stereocenters. The van der Waals surface area contributed by atoms with Crippen molar-refractivity contribution >= 4 is 5.91 Å². The number of halogens is 2. The number of carbonyl (C=O) groups excluding carboxylic acids is 1. The van der Waals surface area contributed by atoms with Gasteiger partial charge >= 0.3 is 0 Å². The topological polar surface area (TPSA) is 72.3 Å². The number of aromatic nitrogens is 3. The van der Waals surface area contributed by atoms with E-state index in [1.54, 1.807) is 0 Å². The standard InChI is InChI=1S/C16H25F2N5O2/c1-10(2)15-20-14-4-3-11(7-23(14)21-15)19-16(24)12-9-25-6-5-22(12)8-13(17)18/h10-13H,3-9H2,1-2H3,(H,19,24). The third kappa shape index (κ3) is 4.33. The number of carbonyl (C=O) groups is 1. The molecule has 2 aliphatic heterocycles. The molecule has 25 heavy (non-hydrogen) atoms. The monoisotopic (exact) mass is 357 g/mol. The molecule has 7 nitrogen and oxygen atoms in total. The van der Waals surface area contributed by atoms with E-state index >= 15 is 0 Å². The number of alkyl halides is 2. The number of hydrogen-bond acceptors (Lipinski definition) is 5. The molecule has 2 unspecified atom stereocenters. The Morgan fingerprint density at radius 1 is 1.44 bits per heavy atom. The molecule has 3 heterocycles. The van der Waals surface area contributed by atoms with Crippen LogP contribution in [0.25, 0.3) is 0 Å². The molecule has 140 valence electrons. The van der Waals surface area contributed by atoms with Crippen molar-refractivity contribution in [3.63, 3.8) is 0 Å². The maximum absolute atomic E-state index is 12.7. The maximum Gasteiger partial charge on any atom is 0.251 e. The van der Waals surface area contributed by atoms with Crippen molar-refractivity contribution in [3.8, 4) is 0 Å². The molecule has 0 saturated carbocycles. The fourth-order valence-corrected chi connectivity index (χ4v) is 3.26. The van der Waals surface area contributed by atoms with Crippen molar-refractivity contribution in [2.45, 2.75) is 57.7 Å². The van der Waals surface area contributed by atoms with Gasteiger partial charge in [0, 0.05) is 24.9 Å². The highest BCUT2D eigenvalue weighted by atomic mass is 19.3. The van der Waals surface area contributed by atoms with Crippen molar-refractivity contribution in [1.82, 2.24) is 25.0 Å². The zero-order valence-corrected chi connectivity index (χ0v) is 14.6. The normalized spacial score (nSPS) is 24.6. The molecule has 1 N–H and O–H groups in total. The summed E-state index contributed by atoms with van der Waals surface area (Å²) >= 11 is 0. The first-order chi connectivity index (χ1) is 11.9. The van der Waals surface area contributed by atoms with E-state index < -0.39 is 19.0 Å². The van der Waals surface area contributed by atoms with Gasteiger partial charge in [-0.3, -0.25) is 9.69 Å². The second-order valence-electron chi connectivity index (χ2n) is 6.94. The molecule has 0 aromatic carbocycles. The molecule has 1 fully saturated rings. The molecule has 0 bridgehead atoms. The van der Waals surface area contributed by atoms with Crippen LogP contribution in [-0.4, -0.2) is 70.4 Å². The van der Waals surface area contributed by atoms with Crippen LogP contribution in [0.4, 0.5) is 8.78 Å². The highest BCUT2D eigenvalue weighted by Crippen LogP contribution is 2.18. The molecule has 0 spiro atoms. The first kappa shape index (κ1) is 18.2. The van der Waals surface area contributed by atoms with Gasteiger partial charge < -0.3 is 10.1 Å².